The lowest BCUT2D eigenvalue weighted by Gasteiger charge is -2.06. The molecule has 0 radical (unpaired) electrons. The van der Waals surface area contributed by atoms with Crippen LogP contribution in [-0.2, 0) is 6.61 Å². The molecule has 0 saturated heterocycles. The molecular weight excluding hydrogens is 362 g/mol. The molecule has 0 atom stereocenters. The van der Waals surface area contributed by atoms with Crippen LogP contribution in [0.15, 0.2) is 72.8 Å². The van der Waals surface area contributed by atoms with E-state index in [0.29, 0.717) is 17.9 Å². The second kappa shape index (κ2) is 6.95. The number of H-pyrrole nitrogens is 2. The number of benzene rings is 3. The van der Waals surface area contributed by atoms with E-state index in [0.717, 1.165) is 38.8 Å². The zero-order valence-electron chi connectivity index (χ0n) is 15.9. The van der Waals surface area contributed by atoms with E-state index < -0.39 is 0 Å². The van der Waals surface area contributed by atoms with Gasteiger partial charge < -0.3 is 9.72 Å². The van der Waals surface area contributed by atoms with Crippen molar-refractivity contribution in [2.75, 3.05) is 0 Å². The van der Waals surface area contributed by atoms with E-state index in [9.17, 15) is 4.79 Å². The van der Waals surface area contributed by atoms with E-state index in [1.165, 1.54) is 0 Å². The molecule has 0 fully saturated rings. The number of hydrogen-bond acceptors (Lipinski definition) is 3. The number of nitrogens with zero attached hydrogens (tertiary/aromatic N) is 1. The number of aromatic nitrogens is 3. The molecule has 5 heteroatoms. The summed E-state index contributed by atoms with van der Waals surface area (Å²) in [5.74, 6) is 0.727. The van der Waals surface area contributed by atoms with Gasteiger partial charge in [0, 0.05) is 21.9 Å². The average molecular weight is 381 g/mol. The second-order valence-electron chi connectivity index (χ2n) is 7.10. The van der Waals surface area contributed by atoms with E-state index in [4.69, 9.17) is 4.74 Å². The van der Waals surface area contributed by atoms with Crippen molar-refractivity contribution in [2.45, 2.75) is 13.5 Å². The average Bonchev–Trinajstić information content (AvgIpc) is 3.35. The molecule has 0 bridgehead atoms. The van der Waals surface area contributed by atoms with Crippen LogP contribution in [-0.4, -0.2) is 21.0 Å². The van der Waals surface area contributed by atoms with Gasteiger partial charge >= 0.3 is 0 Å². The van der Waals surface area contributed by atoms with Crippen LogP contribution in [0.2, 0.25) is 0 Å². The molecule has 5 rings (SSSR count). The summed E-state index contributed by atoms with van der Waals surface area (Å²) in [6.07, 6.45) is 0. The van der Waals surface area contributed by atoms with Crippen LogP contribution >= 0.6 is 0 Å². The molecule has 2 heterocycles. The summed E-state index contributed by atoms with van der Waals surface area (Å²) in [5, 5.41) is 9.06. The van der Waals surface area contributed by atoms with Gasteiger partial charge in [-0.1, -0.05) is 30.3 Å². The zero-order valence-corrected chi connectivity index (χ0v) is 15.9. The molecule has 5 nitrogen and oxygen atoms in total. The Balaban J connectivity index is 1.41. The van der Waals surface area contributed by atoms with E-state index in [-0.39, 0.29) is 5.78 Å². The summed E-state index contributed by atoms with van der Waals surface area (Å²) in [6.45, 7) is 2.43. The van der Waals surface area contributed by atoms with Crippen molar-refractivity contribution in [1.29, 1.82) is 0 Å². The summed E-state index contributed by atoms with van der Waals surface area (Å²) < 4.78 is 5.90. The minimum absolute atomic E-state index is 0.0459. The Morgan fingerprint density at radius 3 is 2.66 bits per heavy atom. The highest BCUT2D eigenvalue weighted by atomic mass is 16.5. The molecule has 0 aliphatic heterocycles. The third-order valence-corrected chi connectivity index (χ3v) is 5.10. The van der Waals surface area contributed by atoms with Gasteiger partial charge in [-0.3, -0.25) is 9.89 Å². The summed E-state index contributed by atoms with van der Waals surface area (Å²) >= 11 is 0. The highest BCUT2D eigenvalue weighted by Crippen LogP contribution is 2.25. The van der Waals surface area contributed by atoms with Gasteiger partial charge in [0.1, 0.15) is 12.4 Å². The maximum absolute atomic E-state index is 13.0. The number of ketones is 1. The fraction of sp³-hybridized carbons (Fsp3) is 0.0833. The number of ether oxygens (including phenoxy) is 1. The smallest absolute Gasteiger partial charge is 0.209 e. The summed E-state index contributed by atoms with van der Waals surface area (Å²) in [6, 6.07) is 23.3. The van der Waals surface area contributed by atoms with Gasteiger partial charge in [0.25, 0.3) is 0 Å². The Hall–Kier alpha value is -3.86. The van der Waals surface area contributed by atoms with Crippen LogP contribution in [0.4, 0.5) is 0 Å². The number of nitrogens with one attached hydrogen (secondary N) is 2. The highest BCUT2D eigenvalue weighted by Gasteiger charge is 2.14. The molecule has 0 spiro atoms. The first-order valence-electron chi connectivity index (χ1n) is 9.46. The number of carbonyl (C=O) groups excluding carboxylic acids is 1. The molecule has 0 unspecified atom stereocenters. The minimum atomic E-state index is -0.0459. The molecule has 2 aromatic heterocycles. The van der Waals surface area contributed by atoms with Gasteiger partial charge in [0.05, 0.1) is 16.9 Å². The standard InChI is InChI=1S/C24H19N3O2/c1-15-20-12-17(7-9-22(20)27-26-15)24(28)23-13-18-11-19(8-10-21(18)25-23)29-14-16-5-3-2-4-6-16/h2-13,25H,14H2,1H3,(H,26,27). The second-order valence-corrected chi connectivity index (χ2v) is 7.10. The summed E-state index contributed by atoms with van der Waals surface area (Å²) in [4.78, 5) is 16.2. The first kappa shape index (κ1) is 17.3. The molecule has 0 saturated carbocycles. The largest absolute Gasteiger partial charge is 0.489 e. The van der Waals surface area contributed by atoms with Gasteiger partial charge in [-0.25, -0.2) is 0 Å². The molecule has 5 aromatic rings. The van der Waals surface area contributed by atoms with Crippen LogP contribution < -0.4 is 4.74 Å². The molecular formula is C24H19N3O2. The predicted octanol–water partition coefficient (Wildman–Crippen LogP) is 5.16. The van der Waals surface area contributed by atoms with E-state index >= 15 is 0 Å². The normalized spacial score (nSPS) is 11.2. The first-order valence-corrected chi connectivity index (χ1v) is 9.46. The topological polar surface area (TPSA) is 70.8 Å². The quantitative estimate of drug-likeness (QED) is 0.413. The van der Waals surface area contributed by atoms with Gasteiger partial charge in [-0.15, -0.1) is 0 Å². The van der Waals surface area contributed by atoms with Crippen molar-refractivity contribution in [3.05, 3.63) is 95.3 Å². The molecule has 0 aliphatic rings. The van der Waals surface area contributed by atoms with Crippen LogP contribution in [0, 0.1) is 6.92 Å². The van der Waals surface area contributed by atoms with Crippen LogP contribution in [0.5, 0.6) is 5.75 Å². The summed E-state index contributed by atoms with van der Waals surface area (Å²) in [5.41, 5.74) is 5.01. The first-order chi connectivity index (χ1) is 14.2. The van der Waals surface area contributed by atoms with E-state index in [2.05, 4.69) is 15.2 Å². The molecule has 0 aliphatic carbocycles. The summed E-state index contributed by atoms with van der Waals surface area (Å²) in [7, 11) is 0. The third kappa shape index (κ3) is 3.27. The Morgan fingerprint density at radius 1 is 0.966 bits per heavy atom. The fourth-order valence-corrected chi connectivity index (χ4v) is 3.51. The Labute approximate surface area is 167 Å². The number of rotatable bonds is 5. The number of fused-ring (bicyclic) bond motifs is 2. The lowest BCUT2D eigenvalue weighted by molar-refractivity contribution is 0.103. The van der Waals surface area contributed by atoms with Crippen molar-refractivity contribution < 1.29 is 9.53 Å². The van der Waals surface area contributed by atoms with E-state index in [1.54, 1.807) is 0 Å². The van der Waals surface area contributed by atoms with Crippen molar-refractivity contribution in [2.24, 2.45) is 0 Å². The maximum atomic E-state index is 13.0. The molecule has 29 heavy (non-hydrogen) atoms. The molecule has 142 valence electrons. The van der Waals surface area contributed by atoms with Gasteiger partial charge in [0.15, 0.2) is 0 Å². The zero-order chi connectivity index (χ0) is 19.8. The number of carbonyl (C=O) groups is 1. The van der Waals surface area contributed by atoms with Gasteiger partial charge in [0.2, 0.25) is 5.78 Å². The molecule has 3 aromatic carbocycles. The number of hydrogen-bond donors (Lipinski definition) is 2. The Morgan fingerprint density at radius 2 is 1.79 bits per heavy atom. The van der Waals surface area contributed by atoms with Gasteiger partial charge in [-0.2, -0.15) is 5.10 Å². The minimum Gasteiger partial charge on any atom is -0.489 e. The number of aromatic amines is 2. The number of aryl methyl sites for hydroxylation is 1. The fourth-order valence-electron chi connectivity index (χ4n) is 3.51. The van der Waals surface area contributed by atoms with Crippen molar-refractivity contribution in [1.82, 2.24) is 15.2 Å². The van der Waals surface area contributed by atoms with Crippen LogP contribution in [0.25, 0.3) is 21.8 Å². The Bertz CT molecular complexity index is 1330. The lowest BCUT2D eigenvalue weighted by atomic mass is 10.1. The molecule has 2 N–H and O–H groups in total. The van der Waals surface area contributed by atoms with Crippen molar-refractivity contribution >= 4 is 27.6 Å². The van der Waals surface area contributed by atoms with E-state index in [1.807, 2.05) is 79.7 Å². The maximum Gasteiger partial charge on any atom is 0.209 e. The SMILES string of the molecule is Cc1n[nH]c2ccc(C(=O)c3cc4cc(OCc5ccccc5)ccc4[nH]3)cc12. The Kier molecular flexibility index (Phi) is 4.13. The predicted molar refractivity (Wildman–Crippen MR) is 113 cm³/mol. The molecule has 0 amide bonds. The highest BCUT2D eigenvalue weighted by molar-refractivity contribution is 6.11. The third-order valence-electron chi connectivity index (χ3n) is 5.10. The monoisotopic (exact) mass is 381 g/mol. The van der Waals surface area contributed by atoms with Gasteiger partial charge in [-0.05, 0) is 55.0 Å². The lowest BCUT2D eigenvalue weighted by Crippen LogP contribution is -2.01. The van der Waals surface area contributed by atoms with Crippen LogP contribution in [0.1, 0.15) is 27.3 Å². The van der Waals surface area contributed by atoms with Crippen molar-refractivity contribution in [3.8, 4) is 5.75 Å². The van der Waals surface area contributed by atoms with Crippen LogP contribution in [0.3, 0.4) is 0 Å². The van der Waals surface area contributed by atoms with Crippen molar-refractivity contribution in [3.63, 3.8) is 0 Å².